The zero-order chi connectivity index (χ0) is 13.5. The molecule has 1 aromatic carbocycles. The lowest BCUT2D eigenvalue weighted by molar-refractivity contribution is 0.339. The summed E-state index contributed by atoms with van der Waals surface area (Å²) in [5.74, 6) is 1.94. The third-order valence-electron chi connectivity index (χ3n) is 3.68. The van der Waals surface area contributed by atoms with Crippen LogP contribution in [0.2, 0.25) is 0 Å². The highest BCUT2D eigenvalue weighted by Gasteiger charge is 2.20. The fraction of sp³-hybridized carbons (Fsp3) is 0.625. The highest BCUT2D eigenvalue weighted by Crippen LogP contribution is 2.33. The Morgan fingerprint density at radius 3 is 2.95 bits per heavy atom. The Labute approximate surface area is 116 Å². The van der Waals surface area contributed by atoms with Gasteiger partial charge in [-0.3, -0.25) is 0 Å². The van der Waals surface area contributed by atoms with Crippen molar-refractivity contribution in [1.29, 1.82) is 0 Å². The molecule has 3 heteroatoms. The average molecular weight is 262 g/mol. The summed E-state index contributed by atoms with van der Waals surface area (Å²) >= 11 is 0. The van der Waals surface area contributed by atoms with Gasteiger partial charge < -0.3 is 15.8 Å². The molecule has 0 aliphatic heterocycles. The molecule has 3 nitrogen and oxygen atoms in total. The van der Waals surface area contributed by atoms with Crippen molar-refractivity contribution in [3.05, 3.63) is 29.8 Å². The minimum Gasteiger partial charge on any atom is -0.494 e. The zero-order valence-electron chi connectivity index (χ0n) is 11.9. The van der Waals surface area contributed by atoms with Crippen molar-refractivity contribution in [1.82, 2.24) is 5.32 Å². The average Bonchev–Trinajstić information content (AvgIpc) is 3.24. The van der Waals surface area contributed by atoms with Gasteiger partial charge in [0.1, 0.15) is 5.75 Å². The topological polar surface area (TPSA) is 47.3 Å². The standard InChI is InChI=1S/C16H26N2O/c1-2-19-15-7-3-6-14(11-15)16(12-17)18-10-4-5-13-8-9-13/h3,6-7,11,13,16,18H,2,4-5,8-10,12,17H2,1H3. The van der Waals surface area contributed by atoms with Gasteiger partial charge in [0.25, 0.3) is 0 Å². The highest BCUT2D eigenvalue weighted by molar-refractivity contribution is 5.30. The Kier molecular flexibility index (Phi) is 5.67. The Balaban J connectivity index is 1.82. The molecule has 19 heavy (non-hydrogen) atoms. The SMILES string of the molecule is CCOc1cccc(C(CN)NCCCC2CC2)c1. The molecule has 0 bridgehead atoms. The molecule has 3 N–H and O–H groups in total. The Morgan fingerprint density at radius 2 is 2.26 bits per heavy atom. The van der Waals surface area contributed by atoms with Crippen LogP contribution in [0, 0.1) is 5.92 Å². The van der Waals surface area contributed by atoms with E-state index in [1.165, 1.54) is 31.2 Å². The van der Waals surface area contributed by atoms with E-state index in [-0.39, 0.29) is 6.04 Å². The quantitative estimate of drug-likeness (QED) is 0.673. The van der Waals surface area contributed by atoms with Gasteiger partial charge in [-0.25, -0.2) is 0 Å². The first-order valence-corrected chi connectivity index (χ1v) is 7.49. The molecular formula is C16H26N2O. The fourth-order valence-corrected chi connectivity index (χ4v) is 2.40. The molecule has 1 aliphatic rings. The van der Waals surface area contributed by atoms with Crippen LogP contribution in [0.4, 0.5) is 0 Å². The van der Waals surface area contributed by atoms with E-state index in [2.05, 4.69) is 17.4 Å². The maximum absolute atomic E-state index is 5.88. The molecular weight excluding hydrogens is 236 g/mol. The van der Waals surface area contributed by atoms with Crippen molar-refractivity contribution in [2.45, 2.75) is 38.6 Å². The van der Waals surface area contributed by atoms with Crippen molar-refractivity contribution in [3.8, 4) is 5.75 Å². The van der Waals surface area contributed by atoms with E-state index in [1.54, 1.807) is 0 Å². The van der Waals surface area contributed by atoms with E-state index >= 15 is 0 Å². The van der Waals surface area contributed by atoms with Gasteiger partial charge in [0.05, 0.1) is 6.61 Å². The minimum absolute atomic E-state index is 0.236. The molecule has 0 aromatic heterocycles. The smallest absolute Gasteiger partial charge is 0.119 e. The summed E-state index contributed by atoms with van der Waals surface area (Å²) in [4.78, 5) is 0. The summed E-state index contributed by atoms with van der Waals surface area (Å²) in [6, 6.07) is 8.48. The van der Waals surface area contributed by atoms with Crippen LogP contribution in [0.3, 0.4) is 0 Å². The number of hydrogen-bond donors (Lipinski definition) is 2. The number of nitrogens with one attached hydrogen (secondary N) is 1. The third kappa shape index (κ3) is 4.84. The molecule has 106 valence electrons. The van der Waals surface area contributed by atoms with E-state index in [1.807, 2.05) is 19.1 Å². The molecule has 0 radical (unpaired) electrons. The van der Waals surface area contributed by atoms with Crippen molar-refractivity contribution in [2.75, 3.05) is 19.7 Å². The lowest BCUT2D eigenvalue weighted by atomic mass is 10.1. The Bertz CT molecular complexity index is 377. The molecule has 1 unspecified atom stereocenters. The van der Waals surface area contributed by atoms with Crippen molar-refractivity contribution in [2.24, 2.45) is 11.7 Å². The molecule has 1 aliphatic carbocycles. The van der Waals surface area contributed by atoms with Gasteiger partial charge >= 0.3 is 0 Å². The fourth-order valence-electron chi connectivity index (χ4n) is 2.40. The first-order chi connectivity index (χ1) is 9.33. The molecule has 1 atom stereocenters. The third-order valence-corrected chi connectivity index (χ3v) is 3.68. The number of hydrogen-bond acceptors (Lipinski definition) is 3. The molecule has 0 heterocycles. The van der Waals surface area contributed by atoms with Crippen molar-refractivity contribution >= 4 is 0 Å². The summed E-state index contributed by atoms with van der Waals surface area (Å²) in [7, 11) is 0. The van der Waals surface area contributed by atoms with Gasteiger partial charge in [-0.2, -0.15) is 0 Å². The van der Waals surface area contributed by atoms with E-state index < -0.39 is 0 Å². The van der Waals surface area contributed by atoms with Crippen LogP contribution in [0.1, 0.15) is 44.2 Å². The summed E-state index contributed by atoms with van der Waals surface area (Å²) in [5.41, 5.74) is 7.10. The molecule has 1 saturated carbocycles. The Hall–Kier alpha value is -1.06. The van der Waals surface area contributed by atoms with Crippen LogP contribution in [0.5, 0.6) is 5.75 Å². The number of nitrogens with two attached hydrogens (primary N) is 1. The predicted molar refractivity (Wildman–Crippen MR) is 79.4 cm³/mol. The Morgan fingerprint density at radius 1 is 1.42 bits per heavy atom. The highest BCUT2D eigenvalue weighted by atomic mass is 16.5. The van der Waals surface area contributed by atoms with Gasteiger partial charge in [0.2, 0.25) is 0 Å². The molecule has 0 saturated heterocycles. The van der Waals surface area contributed by atoms with Crippen molar-refractivity contribution in [3.63, 3.8) is 0 Å². The zero-order valence-corrected chi connectivity index (χ0v) is 11.9. The van der Waals surface area contributed by atoms with Gasteiger partial charge in [0.15, 0.2) is 0 Å². The monoisotopic (exact) mass is 262 g/mol. The van der Waals surface area contributed by atoms with Gasteiger partial charge in [-0.15, -0.1) is 0 Å². The maximum Gasteiger partial charge on any atom is 0.119 e. The van der Waals surface area contributed by atoms with Crippen LogP contribution >= 0.6 is 0 Å². The van der Waals surface area contributed by atoms with Crippen LogP contribution in [0.15, 0.2) is 24.3 Å². The number of benzene rings is 1. The van der Waals surface area contributed by atoms with Crippen molar-refractivity contribution < 1.29 is 4.74 Å². The van der Waals surface area contributed by atoms with Crippen LogP contribution in [-0.2, 0) is 0 Å². The molecule has 0 spiro atoms. The summed E-state index contributed by atoms with van der Waals surface area (Å²) in [6.07, 6.45) is 5.50. The summed E-state index contributed by atoms with van der Waals surface area (Å²) in [6.45, 7) is 4.38. The normalized spacial score (nSPS) is 16.3. The van der Waals surface area contributed by atoms with Crippen LogP contribution in [-0.4, -0.2) is 19.7 Å². The van der Waals surface area contributed by atoms with Gasteiger partial charge in [-0.05, 0) is 49.9 Å². The molecule has 0 amide bonds. The van der Waals surface area contributed by atoms with E-state index in [4.69, 9.17) is 10.5 Å². The number of ether oxygens (including phenoxy) is 1. The summed E-state index contributed by atoms with van der Waals surface area (Å²) < 4.78 is 5.54. The second-order valence-corrected chi connectivity index (χ2v) is 5.33. The molecule has 2 rings (SSSR count). The van der Waals surface area contributed by atoms with Gasteiger partial charge in [0, 0.05) is 12.6 Å². The second kappa shape index (κ2) is 7.51. The van der Waals surface area contributed by atoms with Gasteiger partial charge in [-0.1, -0.05) is 25.0 Å². The molecule has 1 fully saturated rings. The first-order valence-electron chi connectivity index (χ1n) is 7.49. The van der Waals surface area contributed by atoms with E-state index in [9.17, 15) is 0 Å². The lowest BCUT2D eigenvalue weighted by Gasteiger charge is -2.18. The predicted octanol–water partition coefficient (Wildman–Crippen LogP) is 2.86. The summed E-state index contributed by atoms with van der Waals surface area (Å²) in [5, 5.41) is 3.56. The maximum atomic E-state index is 5.88. The molecule has 1 aromatic rings. The lowest BCUT2D eigenvalue weighted by Crippen LogP contribution is -2.29. The first kappa shape index (κ1) is 14.4. The second-order valence-electron chi connectivity index (χ2n) is 5.33. The largest absolute Gasteiger partial charge is 0.494 e. The van der Waals surface area contributed by atoms with E-state index in [0.717, 1.165) is 18.2 Å². The van der Waals surface area contributed by atoms with E-state index in [0.29, 0.717) is 13.2 Å². The van der Waals surface area contributed by atoms with Crippen LogP contribution < -0.4 is 15.8 Å². The minimum atomic E-state index is 0.236. The van der Waals surface area contributed by atoms with Crippen LogP contribution in [0.25, 0.3) is 0 Å². The number of rotatable bonds is 9.